The molecule has 0 heterocycles. The van der Waals surface area contributed by atoms with Crippen molar-refractivity contribution in [1.29, 1.82) is 0 Å². The third-order valence-electron chi connectivity index (χ3n) is 2.37. The predicted octanol–water partition coefficient (Wildman–Crippen LogP) is 2.36. The highest BCUT2D eigenvalue weighted by Gasteiger charge is 2.14. The van der Waals surface area contributed by atoms with Crippen LogP contribution < -0.4 is 10.5 Å². The molecular weight excluding hydrogens is 190 g/mol. The summed E-state index contributed by atoms with van der Waals surface area (Å²) in [5, 5.41) is 9.96. The number of para-hydroxylation sites is 1. The zero-order valence-corrected chi connectivity index (χ0v) is 9.53. The molecule has 0 saturated carbocycles. The molecule has 3 N–H and O–H groups in total. The lowest BCUT2D eigenvalue weighted by molar-refractivity contribution is 0.151. The minimum absolute atomic E-state index is 0.436. The molecule has 1 aromatic rings. The molecule has 0 amide bonds. The van der Waals surface area contributed by atoms with E-state index in [1.54, 1.807) is 13.2 Å². The lowest BCUT2D eigenvalue weighted by Gasteiger charge is -2.16. The molecule has 0 spiro atoms. The lowest BCUT2D eigenvalue weighted by Crippen LogP contribution is -2.06. The van der Waals surface area contributed by atoms with Gasteiger partial charge >= 0.3 is 0 Å². The Balaban J connectivity index is 2.93. The van der Waals surface area contributed by atoms with Crippen molar-refractivity contribution in [2.75, 3.05) is 12.8 Å². The van der Waals surface area contributed by atoms with Gasteiger partial charge in [0.2, 0.25) is 0 Å². The first-order chi connectivity index (χ1) is 7.06. The van der Waals surface area contributed by atoms with E-state index in [0.717, 1.165) is 5.56 Å². The summed E-state index contributed by atoms with van der Waals surface area (Å²) >= 11 is 0. The van der Waals surface area contributed by atoms with Crippen LogP contribution in [0.3, 0.4) is 0 Å². The molecule has 1 aromatic carbocycles. The quantitative estimate of drug-likeness (QED) is 0.748. The molecule has 0 aliphatic heterocycles. The van der Waals surface area contributed by atoms with Crippen molar-refractivity contribution < 1.29 is 9.84 Å². The summed E-state index contributed by atoms with van der Waals surface area (Å²) in [6, 6.07) is 5.47. The highest BCUT2D eigenvalue weighted by Crippen LogP contribution is 2.32. The predicted molar refractivity (Wildman–Crippen MR) is 61.8 cm³/mol. The fourth-order valence-corrected chi connectivity index (χ4v) is 1.60. The Morgan fingerprint density at radius 2 is 2.07 bits per heavy atom. The van der Waals surface area contributed by atoms with Crippen LogP contribution in [0.15, 0.2) is 18.2 Å². The Kier molecular flexibility index (Phi) is 3.97. The van der Waals surface area contributed by atoms with Gasteiger partial charge < -0.3 is 15.6 Å². The molecule has 1 atom stereocenters. The van der Waals surface area contributed by atoms with Crippen LogP contribution in [0.5, 0.6) is 5.75 Å². The number of anilines is 1. The molecule has 0 aliphatic carbocycles. The van der Waals surface area contributed by atoms with Crippen molar-refractivity contribution in [3.63, 3.8) is 0 Å². The van der Waals surface area contributed by atoms with Gasteiger partial charge in [0.05, 0.1) is 18.9 Å². The van der Waals surface area contributed by atoms with Gasteiger partial charge in [-0.15, -0.1) is 0 Å². The zero-order valence-electron chi connectivity index (χ0n) is 9.53. The standard InChI is InChI=1S/C12H19NO2/c1-8(2)7-10(14)9-5-4-6-11(15-3)12(9)13/h4-6,8,10,14H,7,13H2,1-3H3. The molecule has 1 unspecified atom stereocenters. The van der Waals surface area contributed by atoms with Crippen LogP contribution in [0.1, 0.15) is 31.9 Å². The van der Waals surface area contributed by atoms with Gasteiger partial charge in [-0.1, -0.05) is 26.0 Å². The molecule has 0 bridgehead atoms. The summed E-state index contributed by atoms with van der Waals surface area (Å²) in [5.41, 5.74) is 7.17. The number of aliphatic hydroxyl groups is 1. The number of hydrogen-bond acceptors (Lipinski definition) is 3. The molecule has 15 heavy (non-hydrogen) atoms. The fourth-order valence-electron chi connectivity index (χ4n) is 1.60. The molecule has 0 aromatic heterocycles. The van der Waals surface area contributed by atoms with E-state index in [-0.39, 0.29) is 0 Å². The fraction of sp³-hybridized carbons (Fsp3) is 0.500. The summed E-state index contributed by atoms with van der Waals surface area (Å²) in [4.78, 5) is 0. The van der Waals surface area contributed by atoms with E-state index in [9.17, 15) is 5.11 Å². The Labute approximate surface area is 90.9 Å². The SMILES string of the molecule is COc1cccc(C(O)CC(C)C)c1N. The molecule has 84 valence electrons. The number of hydrogen-bond donors (Lipinski definition) is 2. The third-order valence-corrected chi connectivity index (χ3v) is 2.37. The van der Waals surface area contributed by atoms with Gasteiger partial charge in [-0.25, -0.2) is 0 Å². The Morgan fingerprint density at radius 1 is 1.40 bits per heavy atom. The molecule has 0 saturated heterocycles. The van der Waals surface area contributed by atoms with E-state index in [4.69, 9.17) is 10.5 Å². The molecular formula is C12H19NO2. The average molecular weight is 209 g/mol. The van der Waals surface area contributed by atoms with E-state index < -0.39 is 6.10 Å². The lowest BCUT2D eigenvalue weighted by atomic mass is 9.98. The van der Waals surface area contributed by atoms with Crippen LogP contribution in [0.4, 0.5) is 5.69 Å². The normalized spacial score (nSPS) is 12.9. The van der Waals surface area contributed by atoms with Crippen molar-refractivity contribution in [2.45, 2.75) is 26.4 Å². The van der Waals surface area contributed by atoms with E-state index in [2.05, 4.69) is 13.8 Å². The van der Waals surface area contributed by atoms with Crippen LogP contribution in [0.25, 0.3) is 0 Å². The maximum absolute atomic E-state index is 9.96. The Bertz CT molecular complexity index is 323. The largest absolute Gasteiger partial charge is 0.495 e. The number of nitrogen functional groups attached to an aromatic ring is 1. The van der Waals surface area contributed by atoms with Crippen molar-refractivity contribution in [3.05, 3.63) is 23.8 Å². The van der Waals surface area contributed by atoms with Crippen molar-refractivity contribution >= 4 is 5.69 Å². The third kappa shape index (κ3) is 2.86. The van der Waals surface area contributed by atoms with E-state index in [1.165, 1.54) is 0 Å². The van der Waals surface area contributed by atoms with Gasteiger partial charge in [0.1, 0.15) is 5.75 Å². The smallest absolute Gasteiger partial charge is 0.142 e. The van der Waals surface area contributed by atoms with Crippen LogP contribution in [0, 0.1) is 5.92 Å². The van der Waals surface area contributed by atoms with Gasteiger partial charge in [0.25, 0.3) is 0 Å². The first-order valence-electron chi connectivity index (χ1n) is 5.16. The van der Waals surface area contributed by atoms with Crippen molar-refractivity contribution in [2.24, 2.45) is 5.92 Å². The van der Waals surface area contributed by atoms with Gasteiger partial charge in [-0.05, 0) is 18.4 Å². The topological polar surface area (TPSA) is 55.5 Å². The number of aliphatic hydroxyl groups excluding tert-OH is 1. The number of benzene rings is 1. The first-order valence-corrected chi connectivity index (χ1v) is 5.16. The monoisotopic (exact) mass is 209 g/mol. The first kappa shape index (κ1) is 11.9. The number of rotatable bonds is 4. The maximum atomic E-state index is 9.96. The number of methoxy groups -OCH3 is 1. The second-order valence-corrected chi connectivity index (χ2v) is 4.11. The molecule has 0 fully saturated rings. The Hall–Kier alpha value is -1.22. The number of ether oxygens (including phenoxy) is 1. The van der Waals surface area contributed by atoms with Crippen LogP contribution in [-0.4, -0.2) is 12.2 Å². The highest BCUT2D eigenvalue weighted by atomic mass is 16.5. The minimum Gasteiger partial charge on any atom is -0.495 e. The summed E-state index contributed by atoms with van der Waals surface area (Å²) in [7, 11) is 1.57. The van der Waals surface area contributed by atoms with E-state index >= 15 is 0 Å². The van der Waals surface area contributed by atoms with Crippen molar-refractivity contribution in [1.82, 2.24) is 0 Å². The van der Waals surface area contributed by atoms with Gasteiger partial charge in [0.15, 0.2) is 0 Å². The summed E-state index contributed by atoms with van der Waals surface area (Å²) < 4.78 is 5.10. The molecule has 0 aliphatic rings. The van der Waals surface area contributed by atoms with E-state index in [0.29, 0.717) is 23.8 Å². The van der Waals surface area contributed by atoms with Crippen molar-refractivity contribution in [3.8, 4) is 5.75 Å². The summed E-state index contributed by atoms with van der Waals surface area (Å²) in [6.07, 6.45) is 0.192. The van der Waals surface area contributed by atoms with Crippen LogP contribution in [-0.2, 0) is 0 Å². The average Bonchev–Trinajstić information content (AvgIpc) is 2.17. The molecule has 0 radical (unpaired) electrons. The zero-order chi connectivity index (χ0) is 11.4. The minimum atomic E-state index is -0.514. The van der Waals surface area contributed by atoms with Gasteiger partial charge in [-0.3, -0.25) is 0 Å². The number of nitrogens with two attached hydrogens (primary N) is 1. The van der Waals surface area contributed by atoms with E-state index in [1.807, 2.05) is 12.1 Å². The second-order valence-electron chi connectivity index (χ2n) is 4.11. The summed E-state index contributed by atoms with van der Waals surface area (Å²) in [5.74, 6) is 1.06. The van der Waals surface area contributed by atoms with Gasteiger partial charge in [-0.2, -0.15) is 0 Å². The maximum Gasteiger partial charge on any atom is 0.142 e. The van der Waals surface area contributed by atoms with Crippen LogP contribution >= 0.6 is 0 Å². The Morgan fingerprint density at radius 3 is 2.60 bits per heavy atom. The summed E-state index contributed by atoms with van der Waals surface area (Å²) in [6.45, 7) is 4.14. The molecule has 3 heteroatoms. The highest BCUT2D eigenvalue weighted by molar-refractivity contribution is 5.59. The van der Waals surface area contributed by atoms with Gasteiger partial charge in [0, 0.05) is 5.56 Å². The molecule has 1 rings (SSSR count). The molecule has 3 nitrogen and oxygen atoms in total. The van der Waals surface area contributed by atoms with Crippen LogP contribution in [0.2, 0.25) is 0 Å². The second kappa shape index (κ2) is 5.03.